The summed E-state index contributed by atoms with van der Waals surface area (Å²) in [6.07, 6.45) is 5.52. The molecule has 19 heavy (non-hydrogen) atoms. The van der Waals surface area contributed by atoms with Gasteiger partial charge in [0, 0.05) is 0 Å². The zero-order valence-electron chi connectivity index (χ0n) is 11.0. The minimum atomic E-state index is 0.589. The molecule has 2 aromatic rings. The third-order valence-corrected chi connectivity index (χ3v) is 5.15. The average molecular weight is 246 g/mol. The van der Waals surface area contributed by atoms with Gasteiger partial charge in [0.2, 0.25) is 0 Å². The van der Waals surface area contributed by atoms with Gasteiger partial charge >= 0.3 is 0 Å². The van der Waals surface area contributed by atoms with Gasteiger partial charge in [-0.05, 0) is 52.0 Å². The first-order valence-corrected chi connectivity index (χ1v) is 7.12. The second kappa shape index (κ2) is 3.84. The van der Waals surface area contributed by atoms with E-state index in [0.29, 0.717) is 23.7 Å². The normalized spacial score (nSPS) is 31.4. The average Bonchev–Trinajstić information content (AvgIpc) is 2.98. The van der Waals surface area contributed by atoms with Crippen LogP contribution < -0.4 is 0 Å². The summed E-state index contributed by atoms with van der Waals surface area (Å²) >= 11 is 0. The lowest BCUT2D eigenvalue weighted by Crippen LogP contribution is -2.06. The van der Waals surface area contributed by atoms with Crippen molar-refractivity contribution in [1.29, 1.82) is 0 Å². The first-order chi connectivity index (χ1) is 9.35. The van der Waals surface area contributed by atoms with E-state index in [0.717, 1.165) is 0 Å². The molecule has 1 fully saturated rings. The summed E-state index contributed by atoms with van der Waals surface area (Å²) in [5.74, 6) is 2.40. The molecule has 2 aliphatic carbocycles. The molecular formula is C19H18. The second-order valence-corrected chi connectivity index (χ2v) is 5.88. The Morgan fingerprint density at radius 3 is 1.84 bits per heavy atom. The summed E-state index contributed by atoms with van der Waals surface area (Å²) in [5, 5.41) is 2.88. The summed E-state index contributed by atoms with van der Waals surface area (Å²) in [5.41, 5.74) is 3.07. The minimum absolute atomic E-state index is 0.589. The predicted octanol–water partition coefficient (Wildman–Crippen LogP) is 5.03. The van der Waals surface area contributed by atoms with Crippen molar-refractivity contribution in [2.24, 2.45) is 11.8 Å². The highest BCUT2D eigenvalue weighted by Crippen LogP contribution is 2.60. The molecule has 0 N–H and O–H groups in total. The van der Waals surface area contributed by atoms with Crippen LogP contribution in [0.5, 0.6) is 0 Å². The van der Waals surface area contributed by atoms with Crippen LogP contribution in [0.4, 0.5) is 0 Å². The highest BCUT2D eigenvalue weighted by Gasteiger charge is 2.46. The Labute approximate surface area is 114 Å². The lowest BCUT2D eigenvalue weighted by molar-refractivity contribution is 0.554. The van der Waals surface area contributed by atoms with Crippen molar-refractivity contribution < 1.29 is 0 Å². The molecule has 0 nitrogen and oxygen atoms in total. The van der Waals surface area contributed by atoms with E-state index in [2.05, 4.69) is 61.7 Å². The Balaban J connectivity index is 2.03. The first-order valence-electron chi connectivity index (χ1n) is 7.12. The van der Waals surface area contributed by atoms with Crippen LogP contribution >= 0.6 is 0 Å². The van der Waals surface area contributed by atoms with Gasteiger partial charge in [0.25, 0.3) is 0 Å². The van der Waals surface area contributed by atoms with E-state index in [9.17, 15) is 0 Å². The van der Waals surface area contributed by atoms with Crippen molar-refractivity contribution in [3.63, 3.8) is 0 Å². The number of hydrogen-bond acceptors (Lipinski definition) is 0. The Morgan fingerprint density at radius 1 is 0.842 bits per heavy atom. The molecular weight excluding hydrogens is 228 g/mol. The van der Waals surface area contributed by atoms with Crippen LogP contribution in [0.1, 0.15) is 29.4 Å². The van der Waals surface area contributed by atoms with E-state index in [1.54, 1.807) is 0 Å². The predicted molar refractivity (Wildman–Crippen MR) is 81.4 cm³/mol. The highest BCUT2D eigenvalue weighted by atomic mass is 14.5. The Bertz CT molecular complexity index is 625. The maximum Gasteiger partial charge on any atom is -0.00179 e. The van der Waals surface area contributed by atoms with E-state index in [1.807, 2.05) is 0 Å². The third kappa shape index (κ3) is 1.29. The lowest BCUT2D eigenvalue weighted by atomic mass is 9.85. The maximum absolute atomic E-state index is 4.06. The monoisotopic (exact) mass is 246 g/mol. The van der Waals surface area contributed by atoms with Crippen molar-refractivity contribution in [1.82, 2.24) is 0 Å². The van der Waals surface area contributed by atoms with E-state index < -0.39 is 0 Å². The fraction of sp³-hybridized carbons (Fsp3) is 0.263. The van der Waals surface area contributed by atoms with Gasteiger partial charge < -0.3 is 0 Å². The molecule has 0 radical (unpaired) electrons. The Kier molecular flexibility index (Phi) is 2.23. The first kappa shape index (κ1) is 11.0. The van der Waals surface area contributed by atoms with Gasteiger partial charge in [0.1, 0.15) is 0 Å². The van der Waals surface area contributed by atoms with E-state index in [4.69, 9.17) is 0 Å². The fourth-order valence-corrected chi connectivity index (χ4v) is 4.43. The van der Waals surface area contributed by atoms with Gasteiger partial charge in [-0.2, -0.15) is 0 Å². The molecule has 1 saturated carbocycles. The smallest absolute Gasteiger partial charge is 0.00179 e. The quantitative estimate of drug-likeness (QED) is 0.652. The van der Waals surface area contributed by atoms with Crippen LogP contribution in [-0.4, -0.2) is 0 Å². The van der Waals surface area contributed by atoms with Crippen molar-refractivity contribution in [3.8, 4) is 0 Å². The number of hydrogen-bond donors (Lipinski definition) is 0. The summed E-state index contributed by atoms with van der Waals surface area (Å²) in [7, 11) is 0. The van der Waals surface area contributed by atoms with E-state index in [-0.39, 0.29) is 0 Å². The SMILES string of the molecule is C=CC1CC(C=C)C2c3cccc4cccc(c34)C12. The van der Waals surface area contributed by atoms with Gasteiger partial charge in [-0.3, -0.25) is 0 Å². The van der Waals surface area contributed by atoms with Crippen LogP contribution in [-0.2, 0) is 0 Å². The molecule has 0 aromatic heterocycles. The molecule has 2 aromatic carbocycles. The molecule has 0 amide bonds. The van der Waals surface area contributed by atoms with Crippen molar-refractivity contribution in [3.05, 3.63) is 72.8 Å². The molecule has 0 saturated heterocycles. The van der Waals surface area contributed by atoms with Crippen molar-refractivity contribution in [2.45, 2.75) is 18.3 Å². The molecule has 4 unspecified atom stereocenters. The van der Waals surface area contributed by atoms with Crippen molar-refractivity contribution in [2.75, 3.05) is 0 Å². The van der Waals surface area contributed by atoms with Gasteiger partial charge in [-0.1, -0.05) is 48.6 Å². The topological polar surface area (TPSA) is 0 Å². The second-order valence-electron chi connectivity index (χ2n) is 5.88. The number of benzene rings is 2. The summed E-state index contributed by atoms with van der Waals surface area (Å²) in [6, 6.07) is 13.5. The molecule has 0 heteroatoms. The Hall–Kier alpha value is -1.82. The zero-order chi connectivity index (χ0) is 13.0. The molecule has 0 aliphatic heterocycles. The molecule has 0 spiro atoms. The highest BCUT2D eigenvalue weighted by molar-refractivity contribution is 5.92. The third-order valence-electron chi connectivity index (χ3n) is 5.15. The summed E-state index contributed by atoms with van der Waals surface area (Å²) in [4.78, 5) is 0. The standard InChI is InChI=1S/C19H18/c1-3-12-11-13(4-2)19-16-10-6-8-14-7-5-9-15(17(14)16)18(12)19/h3-10,12-13,18-19H,1-2,11H2. The van der Waals surface area contributed by atoms with Crippen LogP contribution in [0.25, 0.3) is 10.8 Å². The summed E-state index contributed by atoms with van der Waals surface area (Å²) < 4.78 is 0. The number of fused-ring (bicyclic) bond motifs is 3. The van der Waals surface area contributed by atoms with Gasteiger partial charge in [0.15, 0.2) is 0 Å². The van der Waals surface area contributed by atoms with E-state index in [1.165, 1.54) is 28.3 Å². The lowest BCUT2D eigenvalue weighted by Gasteiger charge is -2.18. The number of allylic oxidation sites excluding steroid dienone is 2. The molecule has 4 rings (SSSR count). The van der Waals surface area contributed by atoms with Crippen LogP contribution in [0, 0.1) is 11.8 Å². The van der Waals surface area contributed by atoms with Gasteiger partial charge in [0.05, 0.1) is 0 Å². The number of rotatable bonds is 2. The van der Waals surface area contributed by atoms with Crippen LogP contribution in [0.3, 0.4) is 0 Å². The van der Waals surface area contributed by atoms with Crippen molar-refractivity contribution >= 4 is 10.8 Å². The summed E-state index contributed by atoms with van der Waals surface area (Å²) in [6.45, 7) is 8.13. The zero-order valence-corrected chi connectivity index (χ0v) is 11.0. The van der Waals surface area contributed by atoms with Crippen LogP contribution in [0.15, 0.2) is 61.7 Å². The van der Waals surface area contributed by atoms with E-state index >= 15 is 0 Å². The largest absolute Gasteiger partial charge is 0.103 e. The molecule has 0 heterocycles. The maximum atomic E-state index is 4.06. The van der Waals surface area contributed by atoms with Gasteiger partial charge in [-0.15, -0.1) is 13.2 Å². The molecule has 2 aliphatic rings. The van der Waals surface area contributed by atoms with Gasteiger partial charge in [-0.25, -0.2) is 0 Å². The molecule has 4 atom stereocenters. The molecule has 0 bridgehead atoms. The fourth-order valence-electron chi connectivity index (χ4n) is 4.43. The van der Waals surface area contributed by atoms with Crippen LogP contribution in [0.2, 0.25) is 0 Å². The Morgan fingerprint density at radius 2 is 1.37 bits per heavy atom. The minimum Gasteiger partial charge on any atom is -0.103 e. The molecule has 94 valence electrons.